The van der Waals surface area contributed by atoms with Gasteiger partial charge >= 0.3 is 0 Å². The lowest BCUT2D eigenvalue weighted by Gasteiger charge is -2.10. The summed E-state index contributed by atoms with van der Waals surface area (Å²) in [6, 6.07) is 13.7. The number of hydrogen-bond donors (Lipinski definition) is 2. The van der Waals surface area contributed by atoms with Crippen LogP contribution in [0.5, 0.6) is 0 Å². The Balaban J connectivity index is 1.62. The predicted molar refractivity (Wildman–Crippen MR) is 102 cm³/mol. The van der Waals surface area contributed by atoms with Crippen molar-refractivity contribution < 1.29 is 0 Å². The standard InChI is InChI=1S/C17H16N6S2/c1-12-10-14(25-17-18-8-5-9-19-17)22-15(21-12)23-16(24)20-11-13-6-3-2-4-7-13/h2-10H,11H2,1H3,(H2,20,21,22,23,24). The molecule has 2 aromatic heterocycles. The molecule has 0 spiro atoms. The topological polar surface area (TPSA) is 75.6 Å². The number of rotatable bonds is 5. The summed E-state index contributed by atoms with van der Waals surface area (Å²) >= 11 is 6.69. The number of thiocarbonyl (C=S) groups is 1. The fraction of sp³-hybridized carbons (Fsp3) is 0.118. The van der Waals surface area contributed by atoms with Gasteiger partial charge in [-0.25, -0.2) is 19.9 Å². The smallest absolute Gasteiger partial charge is 0.230 e. The number of nitrogens with one attached hydrogen (secondary N) is 2. The number of aryl methyl sites for hydroxylation is 1. The van der Waals surface area contributed by atoms with Crippen molar-refractivity contribution in [1.82, 2.24) is 25.3 Å². The van der Waals surface area contributed by atoms with E-state index in [9.17, 15) is 0 Å². The molecule has 0 fully saturated rings. The van der Waals surface area contributed by atoms with Crippen LogP contribution in [0.25, 0.3) is 0 Å². The van der Waals surface area contributed by atoms with Crippen molar-refractivity contribution in [2.45, 2.75) is 23.7 Å². The summed E-state index contributed by atoms with van der Waals surface area (Å²) in [7, 11) is 0. The molecular weight excluding hydrogens is 352 g/mol. The molecule has 3 aromatic rings. The van der Waals surface area contributed by atoms with Gasteiger partial charge in [0.2, 0.25) is 5.95 Å². The molecule has 0 amide bonds. The minimum absolute atomic E-state index is 0.448. The molecule has 0 atom stereocenters. The first-order valence-corrected chi connectivity index (χ1v) is 8.81. The summed E-state index contributed by atoms with van der Waals surface area (Å²) in [5, 5.41) is 8.03. The van der Waals surface area contributed by atoms with Crippen LogP contribution in [0.15, 0.2) is 65.0 Å². The summed E-state index contributed by atoms with van der Waals surface area (Å²) in [6.07, 6.45) is 3.40. The van der Waals surface area contributed by atoms with Gasteiger partial charge in [0.1, 0.15) is 5.03 Å². The highest BCUT2D eigenvalue weighted by atomic mass is 32.2. The minimum atomic E-state index is 0.448. The van der Waals surface area contributed by atoms with Gasteiger partial charge in [0.15, 0.2) is 10.3 Å². The zero-order chi connectivity index (χ0) is 17.5. The third-order valence-corrected chi connectivity index (χ3v) is 4.15. The third-order valence-electron chi connectivity index (χ3n) is 3.09. The summed E-state index contributed by atoms with van der Waals surface area (Å²) in [5.41, 5.74) is 1.98. The molecule has 0 bridgehead atoms. The van der Waals surface area contributed by atoms with E-state index in [0.29, 0.717) is 22.8 Å². The molecule has 0 radical (unpaired) electrons. The fourth-order valence-corrected chi connectivity index (χ4v) is 2.94. The van der Waals surface area contributed by atoms with Crippen LogP contribution >= 0.6 is 24.0 Å². The van der Waals surface area contributed by atoms with E-state index in [-0.39, 0.29) is 0 Å². The fourth-order valence-electron chi connectivity index (χ4n) is 2.00. The number of nitrogens with zero attached hydrogens (tertiary/aromatic N) is 4. The van der Waals surface area contributed by atoms with Crippen molar-refractivity contribution in [3.63, 3.8) is 0 Å². The Morgan fingerprint density at radius 1 is 1.08 bits per heavy atom. The summed E-state index contributed by atoms with van der Waals surface area (Å²) < 4.78 is 0. The molecule has 0 aliphatic rings. The molecule has 1 aromatic carbocycles. The van der Waals surface area contributed by atoms with E-state index in [1.54, 1.807) is 18.5 Å². The lowest BCUT2D eigenvalue weighted by Crippen LogP contribution is -2.28. The van der Waals surface area contributed by atoms with E-state index in [0.717, 1.165) is 16.3 Å². The van der Waals surface area contributed by atoms with Gasteiger partial charge in [-0.2, -0.15) is 0 Å². The minimum Gasteiger partial charge on any atom is -0.358 e. The maximum Gasteiger partial charge on any atom is 0.230 e. The maximum absolute atomic E-state index is 5.32. The van der Waals surface area contributed by atoms with Crippen LogP contribution in [0.4, 0.5) is 5.95 Å². The second-order valence-electron chi connectivity index (χ2n) is 5.10. The first-order valence-electron chi connectivity index (χ1n) is 7.58. The van der Waals surface area contributed by atoms with Crippen molar-refractivity contribution >= 4 is 35.0 Å². The van der Waals surface area contributed by atoms with Crippen molar-refractivity contribution in [1.29, 1.82) is 0 Å². The Labute approximate surface area is 155 Å². The van der Waals surface area contributed by atoms with E-state index in [2.05, 4.69) is 30.6 Å². The van der Waals surface area contributed by atoms with Crippen molar-refractivity contribution in [2.24, 2.45) is 0 Å². The molecule has 0 unspecified atom stereocenters. The van der Waals surface area contributed by atoms with Crippen LogP contribution in [0.1, 0.15) is 11.3 Å². The Bertz CT molecular complexity index is 842. The lowest BCUT2D eigenvalue weighted by atomic mass is 10.2. The number of benzene rings is 1. The van der Waals surface area contributed by atoms with E-state index in [1.165, 1.54) is 11.8 Å². The molecular formula is C17H16N6S2. The van der Waals surface area contributed by atoms with Crippen LogP contribution in [0, 0.1) is 6.92 Å². The highest BCUT2D eigenvalue weighted by Gasteiger charge is 2.07. The third kappa shape index (κ3) is 5.47. The molecule has 2 heterocycles. The molecule has 0 aliphatic carbocycles. The molecule has 126 valence electrons. The van der Waals surface area contributed by atoms with Gasteiger partial charge in [0, 0.05) is 24.6 Å². The first-order chi connectivity index (χ1) is 12.2. The Kier molecular flexibility index (Phi) is 5.86. The van der Waals surface area contributed by atoms with E-state index in [4.69, 9.17) is 12.2 Å². The highest BCUT2D eigenvalue weighted by molar-refractivity contribution is 7.99. The first kappa shape index (κ1) is 17.2. The van der Waals surface area contributed by atoms with Crippen molar-refractivity contribution in [3.8, 4) is 0 Å². The summed E-state index contributed by atoms with van der Waals surface area (Å²) in [5.74, 6) is 0.448. The molecule has 0 saturated heterocycles. The maximum atomic E-state index is 5.32. The van der Waals surface area contributed by atoms with Gasteiger partial charge < -0.3 is 10.6 Å². The van der Waals surface area contributed by atoms with Crippen molar-refractivity contribution in [2.75, 3.05) is 5.32 Å². The van der Waals surface area contributed by atoms with Gasteiger partial charge in [-0.3, -0.25) is 0 Å². The molecule has 0 aliphatic heterocycles. The van der Waals surface area contributed by atoms with Crippen LogP contribution in [0.3, 0.4) is 0 Å². The van der Waals surface area contributed by atoms with Crippen LogP contribution in [-0.4, -0.2) is 25.0 Å². The highest BCUT2D eigenvalue weighted by Crippen LogP contribution is 2.23. The van der Waals surface area contributed by atoms with Crippen LogP contribution < -0.4 is 10.6 Å². The molecule has 25 heavy (non-hydrogen) atoms. The van der Waals surface area contributed by atoms with Gasteiger partial charge in [-0.05, 0) is 48.6 Å². The normalized spacial score (nSPS) is 10.3. The number of hydrogen-bond acceptors (Lipinski definition) is 6. The molecule has 3 rings (SSSR count). The number of anilines is 1. The van der Waals surface area contributed by atoms with Crippen LogP contribution in [0.2, 0.25) is 0 Å². The van der Waals surface area contributed by atoms with Gasteiger partial charge in [-0.1, -0.05) is 30.3 Å². The molecule has 8 heteroatoms. The predicted octanol–water partition coefficient (Wildman–Crippen LogP) is 3.21. The average Bonchev–Trinajstić information content (AvgIpc) is 2.61. The van der Waals surface area contributed by atoms with Gasteiger partial charge in [0.25, 0.3) is 0 Å². The van der Waals surface area contributed by atoms with E-state index >= 15 is 0 Å². The second-order valence-corrected chi connectivity index (χ2v) is 6.49. The van der Waals surface area contributed by atoms with Crippen LogP contribution in [-0.2, 0) is 6.54 Å². The zero-order valence-electron chi connectivity index (χ0n) is 13.5. The monoisotopic (exact) mass is 368 g/mol. The largest absolute Gasteiger partial charge is 0.358 e. The van der Waals surface area contributed by atoms with E-state index in [1.807, 2.05) is 43.3 Å². The average molecular weight is 368 g/mol. The summed E-state index contributed by atoms with van der Waals surface area (Å²) in [6.45, 7) is 2.54. The zero-order valence-corrected chi connectivity index (χ0v) is 15.1. The second kappa shape index (κ2) is 8.50. The SMILES string of the molecule is Cc1cc(Sc2ncccn2)nc(NC(=S)NCc2ccccc2)n1. The Hall–Kier alpha value is -2.58. The lowest BCUT2D eigenvalue weighted by molar-refractivity contribution is 0.918. The number of aromatic nitrogens is 4. The van der Waals surface area contributed by atoms with Gasteiger partial charge in [0.05, 0.1) is 0 Å². The van der Waals surface area contributed by atoms with Gasteiger partial charge in [-0.15, -0.1) is 0 Å². The Morgan fingerprint density at radius 2 is 1.84 bits per heavy atom. The molecule has 6 nitrogen and oxygen atoms in total. The molecule has 0 saturated carbocycles. The van der Waals surface area contributed by atoms with Crippen molar-refractivity contribution in [3.05, 3.63) is 66.1 Å². The molecule has 2 N–H and O–H groups in total. The summed E-state index contributed by atoms with van der Waals surface area (Å²) in [4.78, 5) is 17.2. The van der Waals surface area contributed by atoms with E-state index < -0.39 is 0 Å². The Morgan fingerprint density at radius 3 is 2.60 bits per heavy atom. The quantitative estimate of drug-likeness (QED) is 0.404.